The number of pyridine rings is 1. The van der Waals surface area contributed by atoms with Crippen molar-refractivity contribution < 1.29 is 22.7 Å². The van der Waals surface area contributed by atoms with Crippen molar-refractivity contribution in [1.82, 2.24) is 14.9 Å². The van der Waals surface area contributed by atoms with Gasteiger partial charge in [-0.2, -0.15) is 13.2 Å². The summed E-state index contributed by atoms with van der Waals surface area (Å²) in [6.07, 6.45) is -2.46. The van der Waals surface area contributed by atoms with Gasteiger partial charge in [-0.25, -0.2) is 4.98 Å². The molecule has 0 spiro atoms. The zero-order valence-electron chi connectivity index (χ0n) is 17.4. The number of likely N-dealkylation sites (tertiary alicyclic amines) is 1. The van der Waals surface area contributed by atoms with Gasteiger partial charge in [0.25, 0.3) is 0 Å². The van der Waals surface area contributed by atoms with Crippen LogP contribution in [-0.2, 0) is 17.4 Å². The first kappa shape index (κ1) is 21.2. The third-order valence-electron chi connectivity index (χ3n) is 5.81. The molecule has 1 amide bonds. The quantitative estimate of drug-likeness (QED) is 0.643. The maximum Gasteiger partial charge on any atom is 0.433 e. The number of halogens is 3. The zero-order valence-corrected chi connectivity index (χ0v) is 17.4. The number of piperidine rings is 1. The van der Waals surface area contributed by atoms with E-state index in [1.165, 1.54) is 6.07 Å². The summed E-state index contributed by atoms with van der Waals surface area (Å²) in [4.78, 5) is 21.7. The number of aryl methyl sites for hydroxylation is 1. The second-order valence-electron chi connectivity index (χ2n) is 8.01. The molecule has 1 saturated heterocycles. The van der Waals surface area contributed by atoms with Crippen LogP contribution in [-0.4, -0.2) is 41.0 Å². The average molecular weight is 431 g/mol. The number of amides is 1. The molecular weight excluding hydrogens is 407 g/mol. The number of hydrogen-bond donors (Lipinski definition) is 1. The fourth-order valence-electron chi connectivity index (χ4n) is 4.20. The Hall–Kier alpha value is -3.03. The van der Waals surface area contributed by atoms with E-state index >= 15 is 0 Å². The Morgan fingerprint density at radius 1 is 1.26 bits per heavy atom. The standard InChI is InChI=1S/C23H24F3N3O2/c1-14-10-15(5-7-20(14)31-2)11-22(30)29-9-3-4-16(13-29)18-12-19-17(27-18)6-8-21(28-19)23(24,25)26/h5-8,10,12,16,27H,3-4,9,11,13H2,1-2H3/t16-/m1/s1. The maximum atomic E-state index is 12.9. The summed E-state index contributed by atoms with van der Waals surface area (Å²) in [6.45, 7) is 3.16. The van der Waals surface area contributed by atoms with Crippen molar-refractivity contribution >= 4 is 16.9 Å². The van der Waals surface area contributed by atoms with E-state index in [-0.39, 0.29) is 11.8 Å². The first-order chi connectivity index (χ1) is 14.7. The number of methoxy groups -OCH3 is 1. The van der Waals surface area contributed by atoms with Gasteiger partial charge in [-0.15, -0.1) is 0 Å². The molecule has 1 fully saturated rings. The van der Waals surface area contributed by atoms with E-state index in [9.17, 15) is 18.0 Å². The lowest BCUT2D eigenvalue weighted by molar-refractivity contribution is -0.141. The zero-order chi connectivity index (χ0) is 22.2. The molecule has 0 aliphatic carbocycles. The first-order valence-corrected chi connectivity index (χ1v) is 10.2. The van der Waals surface area contributed by atoms with Gasteiger partial charge in [0.15, 0.2) is 0 Å². The van der Waals surface area contributed by atoms with Crippen molar-refractivity contribution in [2.24, 2.45) is 0 Å². The highest BCUT2D eigenvalue weighted by molar-refractivity contribution is 5.79. The fourth-order valence-corrected chi connectivity index (χ4v) is 4.20. The second kappa shape index (κ2) is 8.24. The molecule has 0 unspecified atom stereocenters. The van der Waals surface area contributed by atoms with E-state index in [1.807, 2.05) is 30.0 Å². The van der Waals surface area contributed by atoms with Crippen LogP contribution in [0.5, 0.6) is 5.75 Å². The Kier molecular flexibility index (Phi) is 5.64. The lowest BCUT2D eigenvalue weighted by Gasteiger charge is -2.32. The van der Waals surface area contributed by atoms with Crippen LogP contribution >= 0.6 is 0 Å². The molecule has 4 rings (SSSR count). The van der Waals surface area contributed by atoms with Gasteiger partial charge in [0.05, 0.1) is 24.6 Å². The highest BCUT2D eigenvalue weighted by Crippen LogP contribution is 2.32. The third kappa shape index (κ3) is 4.52. The van der Waals surface area contributed by atoms with Gasteiger partial charge in [0.2, 0.25) is 5.91 Å². The van der Waals surface area contributed by atoms with Crippen molar-refractivity contribution in [2.45, 2.75) is 38.3 Å². The number of benzene rings is 1. The van der Waals surface area contributed by atoms with Crippen LogP contribution in [0.15, 0.2) is 36.4 Å². The van der Waals surface area contributed by atoms with Gasteiger partial charge in [0.1, 0.15) is 11.4 Å². The number of nitrogens with zero attached hydrogens (tertiary/aromatic N) is 2. The monoisotopic (exact) mass is 431 g/mol. The molecule has 0 saturated carbocycles. The molecule has 1 N–H and O–H groups in total. The summed E-state index contributed by atoms with van der Waals surface area (Å²) in [5, 5.41) is 0. The van der Waals surface area contributed by atoms with Gasteiger partial charge in [-0.3, -0.25) is 4.79 Å². The number of carbonyl (C=O) groups is 1. The minimum Gasteiger partial charge on any atom is -0.496 e. The SMILES string of the molecule is COc1ccc(CC(=O)N2CCC[C@@H](c3cc4nc(C(F)(F)F)ccc4[nH]3)C2)cc1C. The summed E-state index contributed by atoms with van der Waals surface area (Å²) in [5.74, 6) is 0.872. The molecule has 1 aliphatic rings. The average Bonchev–Trinajstić information content (AvgIpc) is 3.17. The molecule has 5 nitrogen and oxygen atoms in total. The van der Waals surface area contributed by atoms with Crippen LogP contribution in [0.2, 0.25) is 0 Å². The molecule has 1 atom stereocenters. The smallest absolute Gasteiger partial charge is 0.433 e. The van der Waals surface area contributed by atoms with E-state index in [0.29, 0.717) is 30.5 Å². The number of ether oxygens (including phenoxy) is 1. The highest BCUT2D eigenvalue weighted by atomic mass is 19.4. The largest absolute Gasteiger partial charge is 0.496 e. The lowest BCUT2D eigenvalue weighted by atomic mass is 9.94. The number of alkyl halides is 3. The molecule has 0 bridgehead atoms. The first-order valence-electron chi connectivity index (χ1n) is 10.2. The van der Waals surface area contributed by atoms with Crippen molar-refractivity contribution in [1.29, 1.82) is 0 Å². The minimum atomic E-state index is -4.47. The number of nitrogens with one attached hydrogen (secondary N) is 1. The van der Waals surface area contributed by atoms with Crippen molar-refractivity contribution in [3.05, 3.63) is 58.9 Å². The summed E-state index contributed by atoms with van der Waals surface area (Å²) in [5.41, 5.74) is 2.69. The van der Waals surface area contributed by atoms with Crippen LogP contribution in [0, 0.1) is 6.92 Å². The third-order valence-corrected chi connectivity index (χ3v) is 5.81. The number of rotatable bonds is 4. The predicted octanol–water partition coefficient (Wildman–Crippen LogP) is 4.85. The lowest BCUT2D eigenvalue weighted by Crippen LogP contribution is -2.40. The van der Waals surface area contributed by atoms with Crippen molar-refractivity contribution in [3.63, 3.8) is 0 Å². The molecule has 3 heterocycles. The van der Waals surface area contributed by atoms with Gasteiger partial charge >= 0.3 is 6.18 Å². The summed E-state index contributed by atoms with van der Waals surface area (Å²) >= 11 is 0. The molecular formula is C23H24F3N3O2. The molecule has 31 heavy (non-hydrogen) atoms. The normalized spacial score (nSPS) is 17.2. The van der Waals surface area contributed by atoms with E-state index in [0.717, 1.165) is 41.5 Å². The Morgan fingerprint density at radius 2 is 2.06 bits per heavy atom. The molecule has 2 aromatic heterocycles. The van der Waals surface area contributed by atoms with Gasteiger partial charge in [0, 0.05) is 24.7 Å². The molecule has 3 aromatic rings. The summed E-state index contributed by atoms with van der Waals surface area (Å²) in [6, 6.07) is 9.79. The van der Waals surface area contributed by atoms with Crippen LogP contribution in [0.1, 0.15) is 41.3 Å². The number of hydrogen-bond acceptors (Lipinski definition) is 3. The molecule has 1 aliphatic heterocycles. The van der Waals surface area contributed by atoms with Crippen LogP contribution in [0.25, 0.3) is 11.0 Å². The fraction of sp³-hybridized carbons (Fsp3) is 0.391. The van der Waals surface area contributed by atoms with Crippen molar-refractivity contribution in [2.75, 3.05) is 20.2 Å². The summed E-state index contributed by atoms with van der Waals surface area (Å²) < 4.78 is 44.1. The van der Waals surface area contributed by atoms with Crippen LogP contribution in [0.4, 0.5) is 13.2 Å². The van der Waals surface area contributed by atoms with Crippen LogP contribution < -0.4 is 4.74 Å². The number of aromatic nitrogens is 2. The number of fused-ring (bicyclic) bond motifs is 1. The summed E-state index contributed by atoms with van der Waals surface area (Å²) in [7, 11) is 1.62. The highest BCUT2D eigenvalue weighted by Gasteiger charge is 2.33. The Balaban J connectivity index is 1.48. The van der Waals surface area contributed by atoms with E-state index in [2.05, 4.69) is 9.97 Å². The minimum absolute atomic E-state index is 0.0406. The van der Waals surface area contributed by atoms with E-state index in [1.54, 1.807) is 13.2 Å². The second-order valence-corrected chi connectivity index (χ2v) is 8.01. The number of carbonyl (C=O) groups excluding carboxylic acids is 1. The van der Waals surface area contributed by atoms with Gasteiger partial charge in [-0.1, -0.05) is 12.1 Å². The van der Waals surface area contributed by atoms with Crippen LogP contribution in [0.3, 0.4) is 0 Å². The van der Waals surface area contributed by atoms with Gasteiger partial charge < -0.3 is 14.6 Å². The molecule has 1 aromatic carbocycles. The predicted molar refractivity (Wildman–Crippen MR) is 111 cm³/mol. The molecule has 0 radical (unpaired) electrons. The maximum absolute atomic E-state index is 12.9. The van der Waals surface area contributed by atoms with Crippen molar-refractivity contribution in [3.8, 4) is 5.75 Å². The van der Waals surface area contributed by atoms with Gasteiger partial charge in [-0.05, 0) is 55.2 Å². The molecule has 8 heteroatoms. The Morgan fingerprint density at radius 3 is 2.77 bits per heavy atom. The Bertz CT molecular complexity index is 1110. The number of H-pyrrole nitrogens is 1. The topological polar surface area (TPSA) is 58.2 Å². The van der Waals surface area contributed by atoms with E-state index in [4.69, 9.17) is 4.74 Å². The Labute approximate surface area is 178 Å². The van der Waals surface area contributed by atoms with E-state index < -0.39 is 11.9 Å². The number of aromatic amines is 1. The molecule has 164 valence electrons.